The zero-order chi connectivity index (χ0) is 13.7. The van der Waals surface area contributed by atoms with Crippen LogP contribution in [0.5, 0.6) is 0 Å². The molecule has 0 nitrogen and oxygen atoms in total. The third-order valence-electron chi connectivity index (χ3n) is 4.60. The Labute approximate surface area is 112 Å². The van der Waals surface area contributed by atoms with Gasteiger partial charge < -0.3 is 0 Å². The van der Waals surface area contributed by atoms with Gasteiger partial charge in [0.25, 0.3) is 0 Å². The van der Waals surface area contributed by atoms with Gasteiger partial charge in [0, 0.05) is 0 Å². The molecule has 0 aromatic heterocycles. The third-order valence-corrected chi connectivity index (χ3v) is 4.60. The second-order valence-electron chi connectivity index (χ2n) is 6.84. The van der Waals surface area contributed by atoms with Gasteiger partial charge in [0.05, 0.1) is 15.7 Å². The number of rotatable bonds is 7. The van der Waals surface area contributed by atoms with E-state index in [1.54, 1.807) is 0 Å². The number of unbranched alkanes of at least 4 members (excludes halogenated alkanes) is 3. The molecule has 0 N–H and O–H groups in total. The molecule has 2 heteroatoms. The molecule has 4 radical (unpaired) electrons. The SMILES string of the molecule is [B]C([B])(C(C)(C)C)C(C)(CC)CCCCCC. The molecule has 0 bridgehead atoms. The van der Waals surface area contributed by atoms with Crippen LogP contribution in [0.1, 0.15) is 80.1 Å². The van der Waals surface area contributed by atoms with Crippen LogP contribution in [-0.4, -0.2) is 15.7 Å². The molecule has 96 valence electrons. The van der Waals surface area contributed by atoms with Crippen molar-refractivity contribution in [2.75, 3.05) is 0 Å². The lowest BCUT2D eigenvalue weighted by atomic mass is 9.33. The summed E-state index contributed by atoms with van der Waals surface area (Å²) in [5.74, 6) is 0. The van der Waals surface area contributed by atoms with Gasteiger partial charge in [-0.2, -0.15) is 0 Å². The van der Waals surface area contributed by atoms with Crippen LogP contribution in [0.3, 0.4) is 0 Å². The second kappa shape index (κ2) is 6.34. The molecule has 0 fully saturated rings. The van der Waals surface area contributed by atoms with E-state index in [4.69, 9.17) is 15.7 Å². The van der Waals surface area contributed by atoms with E-state index in [1.165, 1.54) is 25.7 Å². The Kier molecular flexibility index (Phi) is 6.39. The van der Waals surface area contributed by atoms with Crippen LogP contribution in [0.25, 0.3) is 0 Å². The molecule has 1 unspecified atom stereocenters. The van der Waals surface area contributed by atoms with Crippen molar-refractivity contribution in [3.63, 3.8) is 0 Å². The van der Waals surface area contributed by atoms with Gasteiger partial charge in [0.15, 0.2) is 0 Å². The standard InChI is InChI=1S/C15H30B2/c1-7-9-10-11-12-14(6,8-2)15(16,17)13(3,4)5/h7-12H2,1-6H3. The Morgan fingerprint density at radius 3 is 1.71 bits per heavy atom. The molecule has 0 heterocycles. The highest BCUT2D eigenvalue weighted by Gasteiger charge is 2.45. The molecule has 0 saturated heterocycles. The van der Waals surface area contributed by atoms with Crippen LogP contribution < -0.4 is 0 Å². The minimum atomic E-state index is -0.610. The fraction of sp³-hybridized carbons (Fsp3) is 1.00. The van der Waals surface area contributed by atoms with E-state index in [2.05, 4.69) is 41.5 Å². The second-order valence-corrected chi connectivity index (χ2v) is 6.84. The van der Waals surface area contributed by atoms with E-state index in [-0.39, 0.29) is 10.8 Å². The first-order valence-corrected chi connectivity index (χ1v) is 7.20. The van der Waals surface area contributed by atoms with E-state index in [1.807, 2.05) is 0 Å². The van der Waals surface area contributed by atoms with Crippen LogP contribution in [0.4, 0.5) is 0 Å². The lowest BCUT2D eigenvalue weighted by Crippen LogP contribution is -2.44. The molecule has 0 aromatic rings. The summed E-state index contributed by atoms with van der Waals surface area (Å²) in [5, 5.41) is -0.610. The smallest absolute Gasteiger partial charge is 0.0634 e. The van der Waals surface area contributed by atoms with Crippen LogP contribution in [0.15, 0.2) is 0 Å². The number of hydrogen-bond donors (Lipinski definition) is 0. The van der Waals surface area contributed by atoms with Crippen molar-refractivity contribution in [3.8, 4) is 0 Å². The van der Waals surface area contributed by atoms with Gasteiger partial charge in [-0.15, -0.1) is 0 Å². The van der Waals surface area contributed by atoms with E-state index in [0.29, 0.717) is 0 Å². The minimum absolute atomic E-state index is 0.0268. The Hall–Kier alpha value is 0.130. The van der Waals surface area contributed by atoms with Gasteiger partial charge in [-0.05, 0) is 17.3 Å². The zero-order valence-electron chi connectivity index (χ0n) is 12.9. The first-order chi connectivity index (χ1) is 7.62. The van der Waals surface area contributed by atoms with Gasteiger partial charge in [-0.1, -0.05) is 78.9 Å². The maximum Gasteiger partial charge on any atom is 0.0634 e. The maximum absolute atomic E-state index is 6.48. The maximum atomic E-state index is 6.48. The average Bonchev–Trinajstić information content (AvgIpc) is 2.22. The molecule has 0 aliphatic rings. The predicted octanol–water partition coefficient (Wildman–Crippen LogP) is 4.87. The van der Waals surface area contributed by atoms with E-state index >= 15 is 0 Å². The largest absolute Gasteiger partial charge is 0.0892 e. The quantitative estimate of drug-likeness (QED) is 0.433. The zero-order valence-corrected chi connectivity index (χ0v) is 12.9. The summed E-state index contributed by atoms with van der Waals surface area (Å²) < 4.78 is 0. The Bertz CT molecular complexity index is 215. The summed E-state index contributed by atoms with van der Waals surface area (Å²) in [6.45, 7) is 13.1. The lowest BCUT2D eigenvalue weighted by Gasteiger charge is -2.54. The Morgan fingerprint density at radius 1 is 0.824 bits per heavy atom. The summed E-state index contributed by atoms with van der Waals surface area (Å²) in [5.41, 5.74) is -0.0402. The summed E-state index contributed by atoms with van der Waals surface area (Å²) in [6, 6.07) is 0. The molecule has 0 rings (SSSR count). The molecule has 0 saturated carbocycles. The van der Waals surface area contributed by atoms with Crippen molar-refractivity contribution in [3.05, 3.63) is 0 Å². The molecule has 17 heavy (non-hydrogen) atoms. The van der Waals surface area contributed by atoms with Gasteiger partial charge in [-0.25, -0.2) is 0 Å². The van der Waals surface area contributed by atoms with Gasteiger partial charge in [0.2, 0.25) is 0 Å². The third kappa shape index (κ3) is 4.07. The monoisotopic (exact) mass is 232 g/mol. The predicted molar refractivity (Wildman–Crippen MR) is 80.8 cm³/mol. The van der Waals surface area contributed by atoms with Crippen molar-refractivity contribution in [2.45, 2.75) is 85.3 Å². The van der Waals surface area contributed by atoms with E-state index in [9.17, 15) is 0 Å². The molecule has 0 spiro atoms. The van der Waals surface area contributed by atoms with Crippen molar-refractivity contribution >= 4 is 15.7 Å². The topological polar surface area (TPSA) is 0 Å². The summed E-state index contributed by atoms with van der Waals surface area (Å²) in [7, 11) is 13.0. The fourth-order valence-electron chi connectivity index (χ4n) is 2.52. The molecule has 0 amide bonds. The first-order valence-electron chi connectivity index (χ1n) is 7.20. The normalized spacial score (nSPS) is 16.8. The molecule has 0 aromatic carbocycles. The molecular formula is C15H30B2. The number of hydrogen-bond acceptors (Lipinski definition) is 0. The summed E-state index contributed by atoms with van der Waals surface area (Å²) >= 11 is 0. The highest BCUT2D eigenvalue weighted by molar-refractivity contribution is 6.41. The first kappa shape index (κ1) is 17.1. The van der Waals surface area contributed by atoms with Gasteiger partial charge in [-0.3, -0.25) is 0 Å². The Morgan fingerprint density at radius 2 is 1.35 bits per heavy atom. The fourth-order valence-corrected chi connectivity index (χ4v) is 2.52. The van der Waals surface area contributed by atoms with Gasteiger partial charge in [0.1, 0.15) is 0 Å². The van der Waals surface area contributed by atoms with Crippen molar-refractivity contribution in [1.29, 1.82) is 0 Å². The molecule has 1 atom stereocenters. The minimum Gasteiger partial charge on any atom is -0.0892 e. The highest BCUT2D eigenvalue weighted by Crippen LogP contribution is 2.56. The van der Waals surface area contributed by atoms with Crippen LogP contribution in [0, 0.1) is 10.8 Å². The molecule has 0 aliphatic carbocycles. The van der Waals surface area contributed by atoms with Crippen LogP contribution in [-0.2, 0) is 0 Å². The lowest BCUT2D eigenvalue weighted by molar-refractivity contribution is 0.137. The Balaban J connectivity index is 4.65. The van der Waals surface area contributed by atoms with E-state index in [0.717, 1.165) is 12.8 Å². The molecular weight excluding hydrogens is 202 g/mol. The molecule has 0 aliphatic heterocycles. The van der Waals surface area contributed by atoms with Gasteiger partial charge >= 0.3 is 0 Å². The summed E-state index contributed by atoms with van der Waals surface area (Å²) in [6.07, 6.45) is 7.31. The summed E-state index contributed by atoms with van der Waals surface area (Å²) in [4.78, 5) is 0. The van der Waals surface area contributed by atoms with E-state index < -0.39 is 5.21 Å². The van der Waals surface area contributed by atoms with Crippen molar-refractivity contribution < 1.29 is 0 Å². The van der Waals surface area contributed by atoms with Crippen LogP contribution in [0.2, 0.25) is 5.21 Å². The average molecular weight is 232 g/mol. The van der Waals surface area contributed by atoms with Crippen LogP contribution >= 0.6 is 0 Å². The van der Waals surface area contributed by atoms with Crippen molar-refractivity contribution in [1.82, 2.24) is 0 Å². The van der Waals surface area contributed by atoms with Crippen molar-refractivity contribution in [2.24, 2.45) is 10.8 Å². The highest BCUT2D eigenvalue weighted by atomic mass is 14.4.